The van der Waals surface area contributed by atoms with Crippen molar-refractivity contribution in [2.24, 2.45) is 11.8 Å². The fraction of sp³-hybridized carbons (Fsp3) is 0.643. The van der Waals surface area contributed by atoms with E-state index < -0.39 is 16.0 Å². The van der Waals surface area contributed by atoms with Gasteiger partial charge in [-0.05, 0) is 30.7 Å². The fourth-order valence-electron chi connectivity index (χ4n) is 3.48. The second-order valence-corrected chi connectivity index (χ2v) is 8.99. The van der Waals surface area contributed by atoms with Crippen molar-refractivity contribution in [3.05, 3.63) is 17.0 Å². The molecule has 1 saturated heterocycles. The van der Waals surface area contributed by atoms with Crippen molar-refractivity contribution in [2.45, 2.75) is 36.3 Å². The van der Waals surface area contributed by atoms with Gasteiger partial charge in [-0.15, -0.1) is 11.3 Å². The molecule has 2 aliphatic rings. The van der Waals surface area contributed by atoms with Crippen LogP contribution in [0.15, 0.2) is 15.7 Å². The Kier molecular flexibility index (Phi) is 4.07. The second-order valence-electron chi connectivity index (χ2n) is 5.92. The zero-order valence-electron chi connectivity index (χ0n) is 11.7. The first-order chi connectivity index (χ1) is 9.98. The molecule has 3 rings (SSSR count). The summed E-state index contributed by atoms with van der Waals surface area (Å²) in [6, 6.07) is 1.27. The molecule has 1 saturated carbocycles. The standard InChI is InChI=1S/C14H19NO4S2/c16-14(17)12-7-13(20-9-12)21(18,19)15-6-5-10-3-1-2-4-11(10)8-15/h7,9-11H,1-6,8H2,(H,16,17). The number of sulfonamides is 1. The van der Waals surface area contributed by atoms with Crippen LogP contribution in [0.2, 0.25) is 0 Å². The van der Waals surface area contributed by atoms with Crippen LogP contribution >= 0.6 is 11.3 Å². The number of hydrogen-bond donors (Lipinski definition) is 1. The van der Waals surface area contributed by atoms with E-state index in [0.717, 1.165) is 24.2 Å². The van der Waals surface area contributed by atoms with Crippen molar-refractivity contribution < 1.29 is 18.3 Å². The van der Waals surface area contributed by atoms with Crippen LogP contribution in [-0.4, -0.2) is 36.9 Å². The lowest BCUT2D eigenvalue weighted by molar-refractivity contribution is 0.0697. The maximum atomic E-state index is 12.6. The first kappa shape index (κ1) is 15.0. The Morgan fingerprint density at radius 3 is 2.62 bits per heavy atom. The predicted octanol–water partition coefficient (Wildman–Crippen LogP) is 2.65. The molecule has 1 N–H and O–H groups in total. The summed E-state index contributed by atoms with van der Waals surface area (Å²) in [6.45, 7) is 1.15. The Bertz CT molecular complexity index is 637. The highest BCUT2D eigenvalue weighted by atomic mass is 32.2. The summed E-state index contributed by atoms with van der Waals surface area (Å²) in [5, 5.41) is 10.3. The van der Waals surface area contributed by atoms with Gasteiger partial charge in [0.1, 0.15) is 4.21 Å². The van der Waals surface area contributed by atoms with Crippen molar-refractivity contribution in [1.82, 2.24) is 4.31 Å². The van der Waals surface area contributed by atoms with Crippen LogP contribution in [0.1, 0.15) is 42.5 Å². The summed E-state index contributed by atoms with van der Waals surface area (Å²) < 4.78 is 27.0. The Labute approximate surface area is 128 Å². The molecule has 0 spiro atoms. The molecule has 2 unspecified atom stereocenters. The topological polar surface area (TPSA) is 74.7 Å². The van der Waals surface area contributed by atoms with E-state index in [9.17, 15) is 13.2 Å². The molecule has 0 amide bonds. The summed E-state index contributed by atoms with van der Waals surface area (Å²) in [5.41, 5.74) is 0.0473. The normalized spacial score (nSPS) is 27.2. The molecule has 2 heterocycles. The lowest BCUT2D eigenvalue weighted by Crippen LogP contribution is -2.44. The Morgan fingerprint density at radius 2 is 1.95 bits per heavy atom. The molecular formula is C14H19NO4S2. The number of hydrogen-bond acceptors (Lipinski definition) is 4. The minimum Gasteiger partial charge on any atom is -0.478 e. The first-order valence-electron chi connectivity index (χ1n) is 7.30. The zero-order valence-corrected chi connectivity index (χ0v) is 13.3. The highest BCUT2D eigenvalue weighted by molar-refractivity contribution is 7.91. The van der Waals surface area contributed by atoms with E-state index in [1.54, 1.807) is 4.31 Å². The lowest BCUT2D eigenvalue weighted by atomic mass is 9.76. The smallest absolute Gasteiger partial charge is 0.336 e. The van der Waals surface area contributed by atoms with Gasteiger partial charge < -0.3 is 5.11 Å². The Morgan fingerprint density at radius 1 is 1.24 bits per heavy atom. The van der Waals surface area contributed by atoms with Crippen molar-refractivity contribution in [1.29, 1.82) is 0 Å². The van der Waals surface area contributed by atoms with E-state index in [2.05, 4.69) is 0 Å². The maximum absolute atomic E-state index is 12.6. The molecule has 1 aliphatic heterocycles. The molecule has 2 fully saturated rings. The van der Waals surface area contributed by atoms with E-state index in [4.69, 9.17) is 5.11 Å². The monoisotopic (exact) mass is 329 g/mol. The molecule has 5 nitrogen and oxygen atoms in total. The molecule has 0 radical (unpaired) electrons. The Hall–Kier alpha value is -0.920. The number of piperidine rings is 1. The third kappa shape index (κ3) is 2.86. The highest BCUT2D eigenvalue weighted by Gasteiger charge is 2.37. The molecule has 0 aromatic carbocycles. The molecule has 2 atom stereocenters. The molecule has 21 heavy (non-hydrogen) atoms. The van der Waals surface area contributed by atoms with Gasteiger partial charge in [-0.3, -0.25) is 0 Å². The Balaban J connectivity index is 1.79. The summed E-state index contributed by atoms with van der Waals surface area (Å²) in [4.78, 5) is 10.9. The minimum absolute atomic E-state index is 0.0473. The quantitative estimate of drug-likeness (QED) is 0.925. The van der Waals surface area contributed by atoms with Crippen LogP contribution in [-0.2, 0) is 10.0 Å². The average Bonchev–Trinajstić information content (AvgIpc) is 2.97. The maximum Gasteiger partial charge on any atom is 0.336 e. The van der Waals surface area contributed by atoms with E-state index >= 15 is 0 Å². The van der Waals surface area contributed by atoms with E-state index in [1.807, 2.05) is 0 Å². The van der Waals surface area contributed by atoms with E-state index in [1.165, 1.54) is 30.7 Å². The number of thiophene rings is 1. The molecule has 1 aromatic heterocycles. The number of carboxylic acid groups (broad SMARTS) is 1. The lowest BCUT2D eigenvalue weighted by Gasteiger charge is -2.40. The van der Waals surface area contributed by atoms with Gasteiger partial charge in [0, 0.05) is 18.5 Å². The van der Waals surface area contributed by atoms with Gasteiger partial charge in [-0.2, -0.15) is 4.31 Å². The summed E-state index contributed by atoms with van der Waals surface area (Å²) in [6.07, 6.45) is 5.72. The zero-order chi connectivity index (χ0) is 15.0. The largest absolute Gasteiger partial charge is 0.478 e. The molecule has 1 aliphatic carbocycles. The van der Waals surface area contributed by atoms with Gasteiger partial charge in [0.25, 0.3) is 10.0 Å². The van der Waals surface area contributed by atoms with Gasteiger partial charge in [-0.25, -0.2) is 13.2 Å². The van der Waals surface area contributed by atoms with Gasteiger partial charge in [0.15, 0.2) is 0 Å². The van der Waals surface area contributed by atoms with Crippen LogP contribution in [0.25, 0.3) is 0 Å². The second kappa shape index (κ2) is 5.70. The fourth-order valence-corrected chi connectivity index (χ4v) is 6.29. The number of fused-ring (bicyclic) bond motifs is 1. The van der Waals surface area contributed by atoms with E-state index in [-0.39, 0.29) is 9.77 Å². The molecule has 0 bridgehead atoms. The summed E-state index contributed by atoms with van der Waals surface area (Å²) in [7, 11) is -3.54. The van der Waals surface area contributed by atoms with Gasteiger partial charge in [0.2, 0.25) is 0 Å². The number of carboxylic acids is 1. The van der Waals surface area contributed by atoms with Crippen LogP contribution in [0.3, 0.4) is 0 Å². The number of carbonyl (C=O) groups is 1. The van der Waals surface area contributed by atoms with Crippen molar-refractivity contribution in [2.75, 3.05) is 13.1 Å². The SMILES string of the molecule is O=C(O)c1csc(S(=O)(=O)N2CCC3CCCCC3C2)c1. The van der Waals surface area contributed by atoms with Crippen molar-refractivity contribution in [3.8, 4) is 0 Å². The molecule has 116 valence electrons. The van der Waals surface area contributed by atoms with Crippen LogP contribution in [0.4, 0.5) is 0 Å². The van der Waals surface area contributed by atoms with Gasteiger partial charge in [-0.1, -0.05) is 19.3 Å². The number of aromatic carboxylic acids is 1. The van der Waals surface area contributed by atoms with Crippen molar-refractivity contribution in [3.63, 3.8) is 0 Å². The third-order valence-corrected chi connectivity index (χ3v) is 7.95. The molecule has 1 aromatic rings. The minimum atomic E-state index is -3.54. The van der Waals surface area contributed by atoms with Crippen LogP contribution < -0.4 is 0 Å². The third-order valence-electron chi connectivity index (χ3n) is 4.67. The molecular weight excluding hydrogens is 310 g/mol. The predicted molar refractivity (Wildman–Crippen MR) is 80.1 cm³/mol. The summed E-state index contributed by atoms with van der Waals surface area (Å²) in [5.74, 6) is 0.0583. The van der Waals surface area contributed by atoms with Gasteiger partial charge >= 0.3 is 5.97 Å². The van der Waals surface area contributed by atoms with Crippen LogP contribution in [0, 0.1) is 11.8 Å². The van der Waals surface area contributed by atoms with Crippen molar-refractivity contribution >= 4 is 27.3 Å². The first-order valence-corrected chi connectivity index (χ1v) is 9.62. The number of nitrogens with zero attached hydrogens (tertiary/aromatic N) is 1. The summed E-state index contributed by atoms with van der Waals surface area (Å²) >= 11 is 0.997. The van der Waals surface area contributed by atoms with E-state index in [0.29, 0.717) is 24.9 Å². The van der Waals surface area contributed by atoms with Crippen LogP contribution in [0.5, 0.6) is 0 Å². The highest BCUT2D eigenvalue weighted by Crippen LogP contribution is 2.38. The molecule has 7 heteroatoms. The average molecular weight is 329 g/mol. The van der Waals surface area contributed by atoms with Gasteiger partial charge in [0.05, 0.1) is 5.56 Å². The number of rotatable bonds is 3.